The summed E-state index contributed by atoms with van der Waals surface area (Å²) in [7, 11) is 0. The highest BCUT2D eigenvalue weighted by molar-refractivity contribution is 6.10. The second-order valence-electron chi connectivity index (χ2n) is 7.17. The molecule has 198 valence electrons. The fourth-order valence-corrected chi connectivity index (χ4v) is 2.54. The average molecular weight is 525 g/mol. The van der Waals surface area contributed by atoms with Crippen molar-refractivity contribution in [3.05, 3.63) is 102 Å². The van der Waals surface area contributed by atoms with E-state index in [2.05, 4.69) is 26.9 Å². The highest BCUT2D eigenvalue weighted by Crippen LogP contribution is 2.30. The van der Waals surface area contributed by atoms with Gasteiger partial charge in [0.15, 0.2) is 0 Å². The molecule has 2 aromatic rings. The van der Waals surface area contributed by atoms with Gasteiger partial charge >= 0.3 is 12.4 Å². The third kappa shape index (κ3) is 11.1. The summed E-state index contributed by atoms with van der Waals surface area (Å²) >= 11 is 0. The number of aromatic nitrogens is 2. The van der Waals surface area contributed by atoms with Crippen LogP contribution in [0.1, 0.15) is 48.8 Å². The van der Waals surface area contributed by atoms with Crippen LogP contribution in [0.15, 0.2) is 90.5 Å². The van der Waals surface area contributed by atoms with Crippen molar-refractivity contribution >= 4 is 17.3 Å². The monoisotopic (exact) mass is 524 g/mol. The molecule has 0 unspecified atom stereocenters. The van der Waals surface area contributed by atoms with Gasteiger partial charge in [0, 0.05) is 30.4 Å². The summed E-state index contributed by atoms with van der Waals surface area (Å²) in [4.78, 5) is 22.9. The lowest BCUT2D eigenvalue weighted by Crippen LogP contribution is -2.29. The molecule has 5 nitrogen and oxygen atoms in total. The number of amidine groups is 1. The van der Waals surface area contributed by atoms with E-state index in [1.165, 1.54) is 19.3 Å². The number of allylic oxidation sites excluding steroid dienone is 5. The van der Waals surface area contributed by atoms with Crippen LogP contribution < -0.4 is 5.32 Å². The Morgan fingerprint density at radius 1 is 1.05 bits per heavy atom. The highest BCUT2D eigenvalue weighted by Gasteiger charge is 2.32. The molecule has 0 aromatic carbocycles. The smallest absolute Gasteiger partial charge is 0.307 e. The van der Waals surface area contributed by atoms with Crippen LogP contribution in [0.2, 0.25) is 0 Å². The van der Waals surface area contributed by atoms with Crippen molar-refractivity contribution in [1.29, 1.82) is 0 Å². The number of hydrogen-bond donors (Lipinski definition) is 1. The Morgan fingerprint density at radius 2 is 1.76 bits per heavy atom. The Kier molecular flexibility index (Phi) is 12.2. The van der Waals surface area contributed by atoms with E-state index in [0.29, 0.717) is 11.1 Å². The van der Waals surface area contributed by atoms with Gasteiger partial charge in [-0.2, -0.15) is 26.3 Å². The number of alkyl halides is 6. The lowest BCUT2D eigenvalue weighted by Gasteiger charge is -2.10. The van der Waals surface area contributed by atoms with Gasteiger partial charge in [0.25, 0.3) is 5.91 Å². The SMILES string of the molecule is C=C(/C=C(\CC)C(F)(F)F)c1cccnc1.C\C=C/C(=N\C=C\C)NC(=O)c1ccc(C(F)(F)F)nc1. The first-order chi connectivity index (χ1) is 17.3. The average Bonchev–Trinajstić information content (AvgIpc) is 2.85. The maximum Gasteiger partial charge on any atom is 0.433 e. The van der Waals surface area contributed by atoms with E-state index in [1.807, 2.05) is 0 Å². The van der Waals surface area contributed by atoms with Gasteiger partial charge in [-0.05, 0) is 61.8 Å². The molecular weight excluding hydrogens is 498 g/mol. The first-order valence-electron chi connectivity index (χ1n) is 10.9. The zero-order valence-corrected chi connectivity index (χ0v) is 20.4. The molecule has 1 amide bonds. The first-order valence-corrected chi connectivity index (χ1v) is 10.9. The zero-order chi connectivity index (χ0) is 28.1. The van der Waals surface area contributed by atoms with E-state index >= 15 is 0 Å². The summed E-state index contributed by atoms with van der Waals surface area (Å²) in [6.45, 7) is 8.59. The molecule has 0 bridgehead atoms. The van der Waals surface area contributed by atoms with E-state index in [9.17, 15) is 31.1 Å². The summed E-state index contributed by atoms with van der Waals surface area (Å²) in [5.74, 6) is -0.307. The van der Waals surface area contributed by atoms with Gasteiger partial charge in [0.2, 0.25) is 0 Å². The third-order valence-electron chi connectivity index (χ3n) is 4.37. The zero-order valence-electron chi connectivity index (χ0n) is 20.4. The standard InChI is InChI=1S/C14H14F3N3O.C12H12F3N/c1-3-5-12(18-8-4-2)20-13(21)10-6-7-11(19-9-10)14(15,16)17;1-3-11(12(13,14)15)7-9(2)10-5-4-6-16-8-10/h3-9H,1-2H3,(H,18,20,21);4-8H,2-3H2,1H3/b5-3-,8-4+;11-7+. The summed E-state index contributed by atoms with van der Waals surface area (Å²) in [6, 6.07) is 5.16. The Bertz CT molecular complexity index is 1150. The second kappa shape index (κ2) is 14.5. The van der Waals surface area contributed by atoms with Crippen molar-refractivity contribution in [3.8, 4) is 0 Å². The van der Waals surface area contributed by atoms with E-state index in [0.717, 1.165) is 24.4 Å². The van der Waals surface area contributed by atoms with Crippen LogP contribution >= 0.6 is 0 Å². The van der Waals surface area contributed by atoms with Gasteiger partial charge in [-0.1, -0.05) is 31.7 Å². The number of halogens is 6. The van der Waals surface area contributed by atoms with E-state index in [-0.39, 0.29) is 17.8 Å². The van der Waals surface area contributed by atoms with Crippen LogP contribution in [0.25, 0.3) is 5.57 Å². The molecule has 0 aliphatic carbocycles. The largest absolute Gasteiger partial charge is 0.433 e. The number of carbonyl (C=O) groups excluding carboxylic acids is 1. The molecule has 0 aliphatic heterocycles. The fraction of sp³-hybridized carbons (Fsp3) is 0.231. The Hall–Kier alpha value is -4.02. The van der Waals surface area contributed by atoms with Crippen molar-refractivity contribution < 1.29 is 31.1 Å². The van der Waals surface area contributed by atoms with Crippen LogP contribution in [-0.2, 0) is 6.18 Å². The van der Waals surface area contributed by atoms with Crippen molar-refractivity contribution in [1.82, 2.24) is 15.3 Å². The van der Waals surface area contributed by atoms with Gasteiger partial charge < -0.3 is 5.32 Å². The number of hydrogen-bond acceptors (Lipinski definition) is 4. The predicted molar refractivity (Wildman–Crippen MR) is 131 cm³/mol. The van der Waals surface area contributed by atoms with E-state index in [1.54, 1.807) is 50.4 Å². The Labute approximate surface area is 211 Å². The minimum absolute atomic E-state index is 0.0145. The molecule has 11 heteroatoms. The van der Waals surface area contributed by atoms with Crippen LogP contribution in [0, 0.1) is 0 Å². The fourth-order valence-electron chi connectivity index (χ4n) is 2.54. The molecule has 2 rings (SSSR count). The van der Waals surface area contributed by atoms with Crippen molar-refractivity contribution in [3.63, 3.8) is 0 Å². The lowest BCUT2D eigenvalue weighted by atomic mass is 10.0. The van der Waals surface area contributed by atoms with Crippen molar-refractivity contribution in [2.24, 2.45) is 4.99 Å². The predicted octanol–water partition coefficient (Wildman–Crippen LogP) is 7.33. The molecular formula is C26H26F6N4O. The molecule has 2 aromatic heterocycles. The maximum atomic E-state index is 12.5. The number of carbonyl (C=O) groups is 1. The number of rotatable bonds is 6. The van der Waals surface area contributed by atoms with Gasteiger partial charge in [0.1, 0.15) is 11.5 Å². The molecule has 0 saturated heterocycles. The quantitative estimate of drug-likeness (QED) is 0.186. The first kappa shape index (κ1) is 31.0. The molecule has 0 saturated carbocycles. The normalized spacial score (nSPS) is 12.9. The number of nitrogens with one attached hydrogen (secondary N) is 1. The molecule has 0 radical (unpaired) electrons. The third-order valence-corrected chi connectivity index (χ3v) is 4.37. The number of amides is 1. The number of aliphatic imine (C=N–C) groups is 1. The topological polar surface area (TPSA) is 67.2 Å². The summed E-state index contributed by atoms with van der Waals surface area (Å²) in [5, 5.41) is 2.48. The molecule has 0 atom stereocenters. The Morgan fingerprint density at radius 3 is 2.22 bits per heavy atom. The second-order valence-corrected chi connectivity index (χ2v) is 7.17. The van der Waals surface area contributed by atoms with Crippen molar-refractivity contribution in [2.45, 2.75) is 39.5 Å². The summed E-state index contributed by atoms with van der Waals surface area (Å²) in [6.07, 6.45) is 2.51. The molecule has 37 heavy (non-hydrogen) atoms. The lowest BCUT2D eigenvalue weighted by molar-refractivity contribution is -0.141. The highest BCUT2D eigenvalue weighted by atomic mass is 19.4. The molecule has 0 aliphatic rings. The Balaban J connectivity index is 0.000000384. The van der Waals surface area contributed by atoms with Crippen LogP contribution in [0.5, 0.6) is 0 Å². The number of nitrogens with zero attached hydrogens (tertiary/aromatic N) is 3. The van der Waals surface area contributed by atoms with Crippen LogP contribution in [-0.4, -0.2) is 27.9 Å². The molecule has 1 N–H and O–H groups in total. The van der Waals surface area contributed by atoms with Crippen molar-refractivity contribution in [2.75, 3.05) is 0 Å². The van der Waals surface area contributed by atoms with Crippen LogP contribution in [0.4, 0.5) is 26.3 Å². The van der Waals surface area contributed by atoms with E-state index in [4.69, 9.17) is 0 Å². The summed E-state index contributed by atoms with van der Waals surface area (Å²) in [5.41, 5.74) is -0.697. The van der Waals surface area contributed by atoms with Gasteiger partial charge in [-0.3, -0.25) is 14.8 Å². The molecule has 0 fully saturated rings. The molecule has 2 heterocycles. The maximum absolute atomic E-state index is 12.5. The van der Waals surface area contributed by atoms with Crippen LogP contribution in [0.3, 0.4) is 0 Å². The van der Waals surface area contributed by atoms with E-state index < -0.39 is 29.5 Å². The minimum atomic E-state index is -4.53. The van der Waals surface area contributed by atoms with Gasteiger partial charge in [-0.25, -0.2) is 4.99 Å². The molecule has 0 spiro atoms. The summed E-state index contributed by atoms with van der Waals surface area (Å²) < 4.78 is 74.5. The van der Waals surface area contributed by atoms with Gasteiger partial charge in [0.05, 0.1) is 5.56 Å². The number of pyridine rings is 2. The van der Waals surface area contributed by atoms with Gasteiger partial charge in [-0.15, -0.1) is 0 Å². The minimum Gasteiger partial charge on any atom is -0.307 e.